The Hall–Kier alpha value is -10.2. The van der Waals surface area contributed by atoms with Crippen LogP contribution in [-0.2, 0) is 10.8 Å². The van der Waals surface area contributed by atoms with Crippen molar-refractivity contribution in [3.8, 4) is 52.1 Å². The van der Waals surface area contributed by atoms with E-state index >= 15 is 17.6 Å². The van der Waals surface area contributed by atoms with E-state index in [0.29, 0.717) is 157 Å². The summed E-state index contributed by atoms with van der Waals surface area (Å²) >= 11 is 0. The van der Waals surface area contributed by atoms with Gasteiger partial charge < -0.3 is 37.6 Å². The van der Waals surface area contributed by atoms with E-state index in [1.807, 2.05) is 111 Å². The van der Waals surface area contributed by atoms with Gasteiger partial charge in [-0.15, -0.1) is 0 Å². The molecule has 88 heavy (non-hydrogen) atoms. The maximum Gasteiger partial charge on any atom is 0.305 e. The second-order valence-corrected chi connectivity index (χ2v) is 26.1. The van der Waals surface area contributed by atoms with Gasteiger partial charge in [-0.1, -0.05) is 59.7 Å². The SMILES string of the molecule is [C-]#[N+]c1ccc2oc3c(c2c1)Oc1cc(C)cc2c1B3c1cc3c(cc1O2)Oc1cc(C)cc2c1B3c1cc3c(cc1N2c1c(F)cc(C(C)(C)C)cc1F)N(c1c(F)cc(C(C)(C)C)cc1F)c1cc(C)cc2c1B3c1oc3ccc(C#N)cc3c1O2. The van der Waals surface area contributed by atoms with E-state index in [-0.39, 0.29) is 11.4 Å². The maximum atomic E-state index is 17.9. The van der Waals surface area contributed by atoms with Gasteiger partial charge in [0.25, 0.3) is 6.71 Å². The van der Waals surface area contributed by atoms with Crippen LogP contribution in [0.4, 0.5) is 57.4 Å². The highest BCUT2D eigenvalue weighted by molar-refractivity contribution is 7.03. The van der Waals surface area contributed by atoms with Crippen molar-refractivity contribution in [2.24, 2.45) is 0 Å². The fourth-order valence-corrected chi connectivity index (χ4v) is 14.3. The van der Waals surface area contributed by atoms with Crippen molar-refractivity contribution in [2.75, 3.05) is 9.80 Å². The summed E-state index contributed by atoms with van der Waals surface area (Å²) in [5, 5.41) is 11.4. The average molecular weight is 1160 g/mol. The molecule has 0 atom stereocenters. The van der Waals surface area contributed by atoms with E-state index in [0.717, 1.165) is 22.1 Å². The highest BCUT2D eigenvalue weighted by Crippen LogP contribution is 2.51. The summed E-state index contributed by atoms with van der Waals surface area (Å²) in [5.74, 6) is 0.502. The van der Waals surface area contributed by atoms with E-state index in [1.165, 1.54) is 24.3 Å². The van der Waals surface area contributed by atoms with Gasteiger partial charge >= 0.3 is 13.4 Å². The van der Waals surface area contributed by atoms with Gasteiger partial charge in [-0.25, -0.2) is 22.4 Å². The van der Waals surface area contributed by atoms with Gasteiger partial charge in [0.15, 0.2) is 40.5 Å². The second kappa shape index (κ2) is 17.5. The van der Waals surface area contributed by atoms with Crippen molar-refractivity contribution >= 4 is 131 Å². The quantitative estimate of drug-likeness (QED) is 0.0952. The summed E-state index contributed by atoms with van der Waals surface area (Å²) in [6.45, 7) is 22.8. The monoisotopic (exact) mass is 1160 g/mol. The number of ether oxygens (including phenoxy) is 4. The van der Waals surface area contributed by atoms with Crippen LogP contribution in [0.2, 0.25) is 0 Å². The molecule has 17 heteroatoms. The number of nitriles is 1. The molecule has 6 aliphatic rings. The first-order chi connectivity index (χ1) is 42.1. The Labute approximate surface area is 504 Å². The van der Waals surface area contributed by atoms with Crippen LogP contribution in [0.15, 0.2) is 130 Å². The smallest absolute Gasteiger partial charge is 0.305 e. The fourth-order valence-electron chi connectivity index (χ4n) is 14.3. The number of benzene rings is 9. The molecule has 2 aromatic heterocycles. The predicted molar refractivity (Wildman–Crippen MR) is 338 cm³/mol. The predicted octanol–water partition coefficient (Wildman–Crippen LogP) is 13.2. The van der Waals surface area contributed by atoms with Crippen molar-refractivity contribution < 1.29 is 45.3 Å². The van der Waals surface area contributed by atoms with Crippen LogP contribution in [-0.4, -0.2) is 20.1 Å². The number of hydrogen-bond donors (Lipinski definition) is 0. The van der Waals surface area contributed by atoms with Crippen LogP contribution in [0, 0.1) is 61.9 Å². The van der Waals surface area contributed by atoms with Gasteiger partial charge in [0.2, 0.25) is 0 Å². The van der Waals surface area contributed by atoms with Crippen molar-refractivity contribution in [3.05, 3.63) is 189 Å². The van der Waals surface area contributed by atoms with Gasteiger partial charge in [-0.3, -0.25) is 0 Å². The number of anilines is 6. The zero-order valence-corrected chi connectivity index (χ0v) is 49.0. The second-order valence-electron chi connectivity index (χ2n) is 26.1. The molecule has 17 rings (SSSR count). The van der Waals surface area contributed by atoms with Crippen LogP contribution in [0.25, 0.3) is 26.8 Å². The lowest BCUT2D eigenvalue weighted by Gasteiger charge is -2.44. The fraction of sp³-hybridized carbons (Fsp3) is 0.155. The third kappa shape index (κ3) is 7.12. The molecule has 9 aromatic carbocycles. The topological polar surface area (TPSA) is 97.8 Å². The molecule has 0 spiro atoms. The van der Waals surface area contributed by atoms with Gasteiger partial charge in [0, 0.05) is 39.7 Å². The molecule has 0 saturated carbocycles. The molecule has 8 heterocycles. The molecule has 424 valence electrons. The van der Waals surface area contributed by atoms with Crippen molar-refractivity contribution in [1.82, 2.24) is 0 Å². The Kier molecular flexibility index (Phi) is 10.4. The van der Waals surface area contributed by atoms with Gasteiger partial charge in [0.1, 0.15) is 68.4 Å². The van der Waals surface area contributed by atoms with E-state index in [9.17, 15) is 5.26 Å². The zero-order valence-electron chi connectivity index (χ0n) is 49.0. The van der Waals surface area contributed by atoms with Crippen LogP contribution in [0.5, 0.6) is 46.0 Å². The number of rotatable bonds is 2. The zero-order chi connectivity index (χ0) is 60.6. The van der Waals surface area contributed by atoms with Crippen molar-refractivity contribution in [1.29, 1.82) is 5.26 Å². The normalized spacial score (nSPS) is 14.2. The van der Waals surface area contributed by atoms with Crippen molar-refractivity contribution in [2.45, 2.75) is 73.1 Å². The molecule has 11 aromatic rings. The number of aryl methyl sites for hydroxylation is 3. The molecule has 0 amide bonds. The molecule has 0 fully saturated rings. The average Bonchev–Trinajstić information content (AvgIpc) is 0.777. The standard InChI is InChI=1S/C71H47B3F4N4O6/c1-32-15-51-61-57(17-32)83-55-30-56-44(74-63-59(84-56)19-34(3)20-60(63)86-67-40-26-38(80-10)12-14-54(40)88-69(67)74)28-43(55)72(61)41-27-42-50(29-49(41)81(51)64-45(75)22-36(23-46(64)76)70(4,5)6)82(65-47(77)24-37(25-48(65)78)71(7,8)9)52-16-33(2)18-58-62(52)73(42)68-66(85-58)39-21-35(31-79)11-13-53(39)87-68/h11-30H,1-9H3. The molecule has 0 bridgehead atoms. The molecular weight excluding hydrogens is 1110 g/mol. The van der Waals surface area contributed by atoms with Crippen molar-refractivity contribution in [3.63, 3.8) is 0 Å². The van der Waals surface area contributed by atoms with Crippen LogP contribution in [0.1, 0.15) is 74.9 Å². The largest absolute Gasteiger partial charge is 0.466 e. The minimum Gasteiger partial charge on any atom is -0.466 e. The Morgan fingerprint density at radius 3 is 1.41 bits per heavy atom. The van der Waals surface area contributed by atoms with Crippen LogP contribution < -0.4 is 78.3 Å². The number of hydrogen-bond acceptors (Lipinski definition) is 9. The molecular formula is C71H47B3F4N4O6. The van der Waals surface area contributed by atoms with Crippen LogP contribution >= 0.6 is 0 Å². The summed E-state index contributed by atoms with van der Waals surface area (Å²) in [5.41, 5.74) is 9.82. The van der Waals surface area contributed by atoms with Gasteiger partial charge in [0.05, 0.1) is 29.0 Å². The first kappa shape index (κ1) is 52.1. The minimum atomic E-state index is -0.831. The highest BCUT2D eigenvalue weighted by atomic mass is 19.1. The first-order valence-electron chi connectivity index (χ1n) is 29.1. The van der Waals surface area contributed by atoms with E-state index in [1.54, 1.807) is 52.3 Å². The lowest BCUT2D eigenvalue weighted by Crippen LogP contribution is -2.64. The first-order valence-corrected chi connectivity index (χ1v) is 29.1. The summed E-state index contributed by atoms with van der Waals surface area (Å²) in [4.78, 5) is 6.88. The molecule has 0 unspecified atom stereocenters. The number of halogens is 4. The molecule has 0 N–H and O–H groups in total. The third-order valence-corrected chi connectivity index (χ3v) is 18.3. The molecule has 0 radical (unpaired) electrons. The lowest BCUT2D eigenvalue weighted by molar-refractivity contribution is 0.453. The molecule has 0 saturated heterocycles. The Morgan fingerprint density at radius 2 is 0.886 bits per heavy atom. The Balaban J connectivity index is 0.987. The highest BCUT2D eigenvalue weighted by Gasteiger charge is 2.52. The summed E-state index contributed by atoms with van der Waals surface area (Å²) in [6, 6.07) is 37.3. The summed E-state index contributed by atoms with van der Waals surface area (Å²) < 4.78 is 113. The Morgan fingerprint density at radius 1 is 0.455 bits per heavy atom. The van der Waals surface area contributed by atoms with Crippen LogP contribution in [0.3, 0.4) is 0 Å². The number of fused-ring (bicyclic) bond motifs is 16. The van der Waals surface area contributed by atoms with E-state index in [2.05, 4.69) is 17.0 Å². The summed E-state index contributed by atoms with van der Waals surface area (Å²) in [6.07, 6.45) is 0. The molecule has 10 nitrogen and oxygen atoms in total. The summed E-state index contributed by atoms with van der Waals surface area (Å²) in [7, 11) is 0. The number of nitrogens with zero attached hydrogens (tertiary/aromatic N) is 4. The van der Waals surface area contributed by atoms with Gasteiger partial charge in [-0.2, -0.15) is 5.26 Å². The van der Waals surface area contributed by atoms with Gasteiger partial charge in [-0.05, 0) is 184 Å². The van der Waals surface area contributed by atoms with E-state index < -0.39 is 54.2 Å². The maximum absolute atomic E-state index is 17.9. The molecule has 0 aliphatic carbocycles. The Bertz CT molecular complexity index is 5160. The van der Waals surface area contributed by atoms with E-state index in [4.69, 9.17) is 34.4 Å². The lowest BCUT2D eigenvalue weighted by atomic mass is 9.30. The number of furan rings is 2. The third-order valence-electron chi connectivity index (χ3n) is 18.3. The minimum absolute atomic E-state index is 0.306. The molecule has 6 aliphatic heterocycles.